The first-order valence-corrected chi connectivity index (χ1v) is 19.9. The molecule has 2 aliphatic heterocycles. The minimum Gasteiger partial charge on any atom is -0.374 e. The lowest BCUT2D eigenvalue weighted by Gasteiger charge is -2.31. The number of para-hydroxylation sites is 1. The Bertz CT molecular complexity index is 2700. The van der Waals surface area contributed by atoms with Crippen molar-refractivity contribution >= 4 is 17.5 Å². The number of nitrogens with zero attached hydrogens (tertiary/aromatic N) is 3. The molecule has 3 atom stereocenters. The van der Waals surface area contributed by atoms with Crippen molar-refractivity contribution in [3.8, 4) is 56.2 Å². The van der Waals surface area contributed by atoms with Gasteiger partial charge in [0.15, 0.2) is 5.82 Å². The fraction of sp³-hybridized carbons (Fsp3) is 0.0755. The standard InChI is InChI=1S/C53H41N5/c1-35(36-13-5-2-6-14-36)55-53-50-45-19-11-12-20-47(45)56-51(46(50)34-54-53)43-31-27-40(28-32-43)38-23-21-37(22-24-38)39-25-29-42(30-26-39)49-33-48(41-15-7-3-8-16-41)57-52(58-49)44-17-9-4-10-18-44/h2-35,51,53,55-56H,1H3. The molecule has 0 radical (unpaired) electrons. The van der Waals surface area contributed by atoms with Crippen molar-refractivity contribution in [1.82, 2.24) is 15.3 Å². The second kappa shape index (κ2) is 15.4. The van der Waals surface area contributed by atoms with Gasteiger partial charge in [0.2, 0.25) is 0 Å². The Morgan fingerprint density at radius 2 is 0.983 bits per heavy atom. The van der Waals surface area contributed by atoms with Gasteiger partial charge in [-0.2, -0.15) is 0 Å². The van der Waals surface area contributed by atoms with Crippen LogP contribution in [0.4, 0.5) is 5.69 Å². The highest BCUT2D eigenvalue weighted by Gasteiger charge is 2.34. The number of hydrogen-bond donors (Lipinski definition) is 2. The second-order valence-corrected chi connectivity index (χ2v) is 14.9. The Hall–Kier alpha value is -7.21. The molecule has 7 aromatic carbocycles. The summed E-state index contributed by atoms with van der Waals surface area (Å²) in [5.41, 5.74) is 16.9. The molecule has 5 nitrogen and oxygen atoms in total. The zero-order valence-corrected chi connectivity index (χ0v) is 32.1. The van der Waals surface area contributed by atoms with E-state index in [1.165, 1.54) is 44.5 Å². The molecule has 1 aromatic heterocycles. The molecule has 8 aromatic rings. The lowest BCUT2D eigenvalue weighted by molar-refractivity contribution is 0.536. The average Bonchev–Trinajstić information content (AvgIpc) is 3.73. The van der Waals surface area contributed by atoms with Crippen LogP contribution in [0.1, 0.15) is 35.7 Å². The van der Waals surface area contributed by atoms with E-state index in [9.17, 15) is 0 Å². The summed E-state index contributed by atoms with van der Waals surface area (Å²) in [6.07, 6.45) is 1.95. The molecule has 278 valence electrons. The van der Waals surface area contributed by atoms with E-state index in [1.54, 1.807) is 0 Å². The van der Waals surface area contributed by atoms with Gasteiger partial charge in [0.1, 0.15) is 6.17 Å². The highest BCUT2D eigenvalue weighted by atomic mass is 15.1. The maximum Gasteiger partial charge on any atom is 0.160 e. The van der Waals surface area contributed by atoms with Crippen molar-refractivity contribution in [1.29, 1.82) is 0 Å². The quantitative estimate of drug-likeness (QED) is 0.154. The molecule has 0 aliphatic carbocycles. The smallest absolute Gasteiger partial charge is 0.160 e. The molecule has 2 aliphatic rings. The number of aliphatic imine (C=N–C) groups is 1. The van der Waals surface area contributed by atoms with Crippen LogP contribution in [-0.2, 0) is 0 Å². The Balaban J connectivity index is 0.878. The van der Waals surface area contributed by atoms with E-state index in [2.05, 4.69) is 181 Å². The lowest BCUT2D eigenvalue weighted by atomic mass is 9.86. The van der Waals surface area contributed by atoms with Crippen LogP contribution in [0.3, 0.4) is 0 Å². The molecular formula is C53H41N5. The maximum atomic E-state index is 5.01. The number of hydrogen-bond acceptors (Lipinski definition) is 5. The topological polar surface area (TPSA) is 62.2 Å². The Morgan fingerprint density at radius 3 is 1.59 bits per heavy atom. The summed E-state index contributed by atoms with van der Waals surface area (Å²) < 4.78 is 0. The van der Waals surface area contributed by atoms with Crippen LogP contribution in [0.5, 0.6) is 0 Å². The van der Waals surface area contributed by atoms with Gasteiger partial charge in [-0.15, -0.1) is 0 Å². The first-order valence-electron chi connectivity index (χ1n) is 19.9. The zero-order valence-electron chi connectivity index (χ0n) is 32.1. The number of anilines is 1. The van der Waals surface area contributed by atoms with Crippen molar-refractivity contribution in [2.75, 3.05) is 5.32 Å². The van der Waals surface area contributed by atoms with Crippen molar-refractivity contribution < 1.29 is 0 Å². The fourth-order valence-electron chi connectivity index (χ4n) is 8.16. The van der Waals surface area contributed by atoms with E-state index in [0.717, 1.165) is 39.3 Å². The molecule has 0 spiro atoms. The van der Waals surface area contributed by atoms with Gasteiger partial charge in [0.05, 0.1) is 17.4 Å². The van der Waals surface area contributed by atoms with Crippen molar-refractivity contribution in [2.45, 2.75) is 25.2 Å². The van der Waals surface area contributed by atoms with Gasteiger partial charge in [-0.3, -0.25) is 10.3 Å². The molecule has 2 N–H and O–H groups in total. The molecule has 0 saturated heterocycles. The Morgan fingerprint density at radius 1 is 0.500 bits per heavy atom. The van der Waals surface area contributed by atoms with Gasteiger partial charge in [-0.05, 0) is 52.4 Å². The summed E-state index contributed by atoms with van der Waals surface area (Å²) in [4.78, 5) is 15.0. The van der Waals surface area contributed by atoms with Crippen LogP contribution in [0.2, 0.25) is 0 Å². The van der Waals surface area contributed by atoms with E-state index in [4.69, 9.17) is 15.0 Å². The van der Waals surface area contributed by atoms with Gasteiger partial charge in [0, 0.05) is 51.3 Å². The molecule has 0 amide bonds. The highest BCUT2D eigenvalue weighted by Crippen LogP contribution is 2.44. The molecule has 0 bridgehead atoms. The molecule has 58 heavy (non-hydrogen) atoms. The monoisotopic (exact) mass is 747 g/mol. The largest absolute Gasteiger partial charge is 0.374 e. The zero-order chi connectivity index (χ0) is 38.8. The number of rotatable bonds is 9. The lowest BCUT2D eigenvalue weighted by Crippen LogP contribution is -2.31. The summed E-state index contributed by atoms with van der Waals surface area (Å²) in [7, 11) is 0. The predicted molar refractivity (Wildman–Crippen MR) is 239 cm³/mol. The van der Waals surface area contributed by atoms with Crippen LogP contribution in [0.25, 0.3) is 61.7 Å². The van der Waals surface area contributed by atoms with Crippen molar-refractivity contribution in [3.05, 3.63) is 216 Å². The summed E-state index contributed by atoms with van der Waals surface area (Å²) in [5.74, 6) is 0.717. The third-order valence-electron chi connectivity index (χ3n) is 11.3. The van der Waals surface area contributed by atoms with Gasteiger partial charge < -0.3 is 5.32 Å². The van der Waals surface area contributed by atoms with Crippen LogP contribution in [0, 0.1) is 0 Å². The number of fused-ring (bicyclic) bond motifs is 2. The van der Waals surface area contributed by atoms with Gasteiger partial charge in [0.25, 0.3) is 0 Å². The molecular weight excluding hydrogens is 707 g/mol. The summed E-state index contributed by atoms with van der Waals surface area (Å²) in [6.45, 7) is 2.21. The van der Waals surface area contributed by atoms with Crippen molar-refractivity contribution in [3.63, 3.8) is 0 Å². The van der Waals surface area contributed by atoms with E-state index < -0.39 is 0 Å². The SMILES string of the molecule is CC(NC1N=CC2=C1c1ccccc1NC2c1ccc(-c2ccc(-c3ccc(-c4cc(-c5ccccc5)nc(-c5ccccc5)n4)cc3)cc2)cc1)c1ccccc1. The normalized spacial score (nSPS) is 16.0. The summed E-state index contributed by atoms with van der Waals surface area (Å²) >= 11 is 0. The minimum absolute atomic E-state index is 0.00378. The Labute approximate surface area is 339 Å². The Kier molecular flexibility index (Phi) is 9.34. The second-order valence-electron chi connectivity index (χ2n) is 14.9. The van der Waals surface area contributed by atoms with E-state index >= 15 is 0 Å². The first kappa shape index (κ1) is 35.2. The summed E-state index contributed by atoms with van der Waals surface area (Å²) in [6, 6.07) is 68.4. The highest BCUT2D eigenvalue weighted by molar-refractivity contribution is 6.03. The maximum absolute atomic E-state index is 5.01. The van der Waals surface area contributed by atoms with E-state index in [0.29, 0.717) is 5.82 Å². The third kappa shape index (κ3) is 6.93. The van der Waals surface area contributed by atoms with Crippen LogP contribution in [0.15, 0.2) is 205 Å². The third-order valence-corrected chi connectivity index (χ3v) is 11.3. The molecule has 3 heterocycles. The summed E-state index contributed by atoms with van der Waals surface area (Å²) in [5, 5.41) is 7.62. The first-order chi connectivity index (χ1) is 28.6. The van der Waals surface area contributed by atoms with Crippen LogP contribution < -0.4 is 10.6 Å². The minimum atomic E-state index is -0.114. The van der Waals surface area contributed by atoms with E-state index in [-0.39, 0.29) is 18.2 Å². The van der Waals surface area contributed by atoms with Crippen molar-refractivity contribution in [2.24, 2.45) is 4.99 Å². The molecule has 0 fully saturated rings. The average molecular weight is 748 g/mol. The van der Waals surface area contributed by atoms with Gasteiger partial charge >= 0.3 is 0 Å². The molecule has 0 saturated carbocycles. The molecule has 3 unspecified atom stereocenters. The van der Waals surface area contributed by atoms with E-state index in [1.807, 2.05) is 36.4 Å². The number of nitrogens with one attached hydrogen (secondary N) is 2. The molecule has 10 rings (SSSR count). The number of aromatic nitrogens is 2. The fourth-order valence-corrected chi connectivity index (χ4v) is 8.16. The van der Waals surface area contributed by atoms with Gasteiger partial charge in [-0.1, -0.05) is 182 Å². The number of benzene rings is 7. The van der Waals surface area contributed by atoms with Crippen LogP contribution >= 0.6 is 0 Å². The van der Waals surface area contributed by atoms with Gasteiger partial charge in [-0.25, -0.2) is 9.97 Å². The van der Waals surface area contributed by atoms with Crippen LogP contribution in [-0.4, -0.2) is 22.3 Å². The molecule has 5 heteroatoms. The predicted octanol–water partition coefficient (Wildman–Crippen LogP) is 12.5.